The normalized spacial score (nSPS) is 13.4. The molecule has 0 aliphatic rings. The molecule has 0 aliphatic heterocycles. The van der Waals surface area contributed by atoms with Crippen LogP contribution in [-0.4, -0.2) is 58.0 Å². The van der Waals surface area contributed by atoms with Crippen molar-refractivity contribution in [1.82, 2.24) is 21.3 Å². The van der Waals surface area contributed by atoms with Gasteiger partial charge < -0.3 is 35.8 Å². The lowest BCUT2D eigenvalue weighted by Crippen LogP contribution is -2.53. The molecule has 0 heterocycles. The minimum absolute atomic E-state index is 0.00978. The number of amides is 4. The number of ether oxygens (including phenoxy) is 1. The van der Waals surface area contributed by atoms with Gasteiger partial charge in [0.25, 0.3) is 0 Å². The van der Waals surface area contributed by atoms with Crippen LogP contribution in [0.5, 0.6) is 0 Å². The molecule has 0 aromatic heterocycles. The lowest BCUT2D eigenvalue weighted by molar-refractivity contribution is -0.131. The summed E-state index contributed by atoms with van der Waals surface area (Å²) < 4.78 is 16.4. The van der Waals surface area contributed by atoms with Crippen molar-refractivity contribution < 1.29 is 38.3 Å². The van der Waals surface area contributed by atoms with Crippen molar-refractivity contribution in [3.05, 3.63) is 71.3 Å². The molecule has 3 atom stereocenters. The summed E-state index contributed by atoms with van der Waals surface area (Å²) in [6.45, 7) is 3.40. The van der Waals surface area contributed by atoms with Crippen LogP contribution in [0.15, 0.2) is 54.6 Å². The zero-order valence-electron chi connectivity index (χ0n) is 21.3. The van der Waals surface area contributed by atoms with Gasteiger partial charge >= 0.3 is 13.7 Å². The quantitative estimate of drug-likeness (QED) is 0.214. The molecule has 12 nitrogen and oxygen atoms in total. The van der Waals surface area contributed by atoms with Gasteiger partial charge in [0.1, 0.15) is 31.0 Å². The Kier molecular flexibility index (Phi) is 11.5. The van der Waals surface area contributed by atoms with E-state index in [0.717, 1.165) is 23.6 Å². The van der Waals surface area contributed by atoms with Gasteiger partial charge in [-0.05, 0) is 43.9 Å². The van der Waals surface area contributed by atoms with Crippen LogP contribution in [0.25, 0.3) is 0 Å². The maximum atomic E-state index is 12.3. The number of carbonyl (C=O) groups excluding carboxylic acids is 4. The first kappa shape index (κ1) is 30.5. The minimum atomic E-state index is -4.52. The number of hydrogen-bond donors (Lipinski definition) is 6. The Bertz CT molecular complexity index is 1170. The van der Waals surface area contributed by atoms with Gasteiger partial charge in [-0.25, -0.2) is 4.79 Å². The topological polar surface area (TPSA) is 183 Å². The summed E-state index contributed by atoms with van der Waals surface area (Å²) in [5, 5.41) is 9.14. The fraction of sp³-hybridized carbons (Fsp3) is 0.360. The number of benzene rings is 2. The SMILES string of the molecule is C[C@H](NC(=O)CNC(=O)OCc1ccccc1Cc1ccccc1)C(=O)N[C@@H](C)C(=O)N[C@@H](C)P(=O)(O)O. The predicted octanol–water partition coefficient (Wildman–Crippen LogP) is 1.15. The molecule has 0 saturated carbocycles. The molecule has 0 bridgehead atoms. The molecule has 4 amide bonds. The predicted molar refractivity (Wildman–Crippen MR) is 139 cm³/mol. The average Bonchev–Trinajstić information content (AvgIpc) is 2.86. The Morgan fingerprint density at radius 1 is 0.816 bits per heavy atom. The van der Waals surface area contributed by atoms with Crippen LogP contribution in [0, 0.1) is 0 Å². The van der Waals surface area contributed by atoms with Crippen LogP contribution in [0.1, 0.15) is 37.5 Å². The first-order chi connectivity index (χ1) is 17.9. The van der Waals surface area contributed by atoms with Crippen LogP contribution in [0.2, 0.25) is 0 Å². The van der Waals surface area contributed by atoms with E-state index in [9.17, 15) is 23.7 Å². The van der Waals surface area contributed by atoms with Crippen molar-refractivity contribution in [3.8, 4) is 0 Å². The molecule has 0 fully saturated rings. The summed E-state index contributed by atoms with van der Waals surface area (Å²) >= 11 is 0. The number of hydrogen-bond acceptors (Lipinski definition) is 6. The molecule has 0 saturated heterocycles. The third-order valence-corrected chi connectivity index (χ3v) is 6.62. The van der Waals surface area contributed by atoms with Gasteiger partial charge in [-0.2, -0.15) is 0 Å². The number of alkyl carbamates (subject to hydrolysis) is 1. The lowest BCUT2D eigenvalue weighted by Gasteiger charge is -2.21. The highest BCUT2D eigenvalue weighted by atomic mass is 31.2. The Labute approximate surface area is 220 Å². The zero-order valence-corrected chi connectivity index (χ0v) is 22.2. The molecule has 0 spiro atoms. The molecular formula is C25H33N4O8P. The van der Waals surface area contributed by atoms with Gasteiger partial charge in [0.2, 0.25) is 17.7 Å². The second kappa shape index (κ2) is 14.3. The molecule has 0 unspecified atom stereocenters. The highest BCUT2D eigenvalue weighted by Gasteiger charge is 2.28. The van der Waals surface area contributed by atoms with Gasteiger partial charge in [0, 0.05) is 0 Å². The second-order valence-corrected chi connectivity index (χ2v) is 10.6. The van der Waals surface area contributed by atoms with E-state index < -0.39 is 55.8 Å². The molecule has 38 heavy (non-hydrogen) atoms. The number of carbonyl (C=O) groups is 4. The summed E-state index contributed by atoms with van der Waals surface area (Å²) in [5.74, 6) is -3.60. The van der Waals surface area contributed by atoms with Gasteiger partial charge in [-0.15, -0.1) is 0 Å². The van der Waals surface area contributed by atoms with Crippen LogP contribution >= 0.6 is 7.60 Å². The van der Waals surface area contributed by atoms with Crippen LogP contribution in [0.3, 0.4) is 0 Å². The third-order valence-electron chi connectivity index (χ3n) is 5.49. The van der Waals surface area contributed by atoms with Crippen LogP contribution in [-0.2, 0) is 36.7 Å². The van der Waals surface area contributed by atoms with Crippen molar-refractivity contribution in [2.45, 2.75) is 51.7 Å². The summed E-state index contributed by atoms with van der Waals surface area (Å²) in [7, 11) is -4.52. The van der Waals surface area contributed by atoms with Gasteiger partial charge in [-0.1, -0.05) is 54.6 Å². The summed E-state index contributed by atoms with van der Waals surface area (Å²) in [5.41, 5.74) is 2.95. The summed E-state index contributed by atoms with van der Waals surface area (Å²) in [6, 6.07) is 15.2. The molecule has 2 aromatic rings. The molecule has 6 N–H and O–H groups in total. The van der Waals surface area contributed by atoms with Crippen LogP contribution in [0.4, 0.5) is 4.79 Å². The van der Waals surface area contributed by atoms with E-state index in [1.165, 1.54) is 13.8 Å². The Morgan fingerprint density at radius 2 is 1.37 bits per heavy atom. The van der Waals surface area contributed by atoms with Crippen molar-refractivity contribution in [2.75, 3.05) is 6.54 Å². The number of nitrogens with one attached hydrogen (secondary N) is 4. The monoisotopic (exact) mass is 548 g/mol. The van der Waals surface area contributed by atoms with Crippen molar-refractivity contribution in [1.29, 1.82) is 0 Å². The van der Waals surface area contributed by atoms with Gasteiger partial charge in [-0.3, -0.25) is 18.9 Å². The van der Waals surface area contributed by atoms with E-state index in [-0.39, 0.29) is 6.61 Å². The smallest absolute Gasteiger partial charge is 0.407 e. The summed E-state index contributed by atoms with van der Waals surface area (Å²) in [6.07, 6.45) is -0.135. The molecule has 2 aromatic carbocycles. The van der Waals surface area contributed by atoms with Crippen LogP contribution < -0.4 is 21.3 Å². The average molecular weight is 549 g/mol. The molecule has 2 rings (SSSR count). The van der Waals surface area contributed by atoms with Crippen molar-refractivity contribution in [2.24, 2.45) is 0 Å². The number of rotatable bonds is 12. The second-order valence-electron chi connectivity index (χ2n) is 8.65. The largest absolute Gasteiger partial charge is 0.445 e. The maximum Gasteiger partial charge on any atom is 0.407 e. The fourth-order valence-corrected chi connectivity index (χ4v) is 3.51. The first-order valence-electron chi connectivity index (χ1n) is 11.8. The maximum absolute atomic E-state index is 12.3. The molecule has 13 heteroatoms. The third kappa shape index (κ3) is 10.3. The molecule has 206 valence electrons. The molecule has 0 aliphatic carbocycles. The zero-order chi connectivity index (χ0) is 28.3. The van der Waals surface area contributed by atoms with E-state index in [0.29, 0.717) is 6.42 Å². The fourth-order valence-electron chi connectivity index (χ4n) is 3.21. The van der Waals surface area contributed by atoms with E-state index in [1.54, 1.807) is 0 Å². The Hall–Kier alpha value is -3.73. The standard InChI is InChI=1S/C25H33N4O8P/c1-16(23(31)28-17(2)24(32)29-18(3)38(34,35)36)27-22(30)14-26-25(33)37-15-21-12-8-7-11-20(21)13-19-9-5-4-6-10-19/h4-12,16-18H,13-15H2,1-3H3,(H,26,33)(H,27,30)(H,28,31)(H,29,32)(H2,34,35,36)/t16-,17-,18+/m0/s1. The van der Waals surface area contributed by atoms with E-state index in [2.05, 4.69) is 21.3 Å². The molecular weight excluding hydrogens is 515 g/mol. The van der Waals surface area contributed by atoms with E-state index in [1.807, 2.05) is 54.6 Å². The van der Waals surface area contributed by atoms with E-state index >= 15 is 0 Å². The Morgan fingerprint density at radius 3 is 2.00 bits per heavy atom. The van der Waals surface area contributed by atoms with Crippen molar-refractivity contribution >= 4 is 31.4 Å². The lowest BCUT2D eigenvalue weighted by atomic mass is 10.0. The van der Waals surface area contributed by atoms with E-state index in [4.69, 9.17) is 14.5 Å². The van der Waals surface area contributed by atoms with Gasteiger partial charge in [0.05, 0.1) is 0 Å². The minimum Gasteiger partial charge on any atom is -0.445 e. The highest BCUT2D eigenvalue weighted by Crippen LogP contribution is 2.39. The molecule has 0 radical (unpaired) electrons. The van der Waals surface area contributed by atoms with Gasteiger partial charge in [0.15, 0.2) is 0 Å². The first-order valence-corrected chi connectivity index (χ1v) is 13.5. The van der Waals surface area contributed by atoms with Crippen molar-refractivity contribution in [3.63, 3.8) is 0 Å². The highest BCUT2D eigenvalue weighted by molar-refractivity contribution is 7.52. The Balaban J connectivity index is 1.75. The summed E-state index contributed by atoms with van der Waals surface area (Å²) in [4.78, 5) is 66.6.